The largest absolute Gasteiger partial charge is 0.506 e. The van der Waals surface area contributed by atoms with E-state index in [9.17, 15) is 9.18 Å². The second-order valence-electron chi connectivity index (χ2n) is 8.44. The van der Waals surface area contributed by atoms with Crippen molar-refractivity contribution in [3.8, 4) is 5.75 Å². The molecule has 33 heavy (non-hydrogen) atoms. The van der Waals surface area contributed by atoms with Crippen molar-refractivity contribution < 1.29 is 23.8 Å². The number of carboxylic acid groups (broad SMARTS) is 1. The summed E-state index contributed by atoms with van der Waals surface area (Å²) in [7, 11) is 0. The van der Waals surface area contributed by atoms with Crippen molar-refractivity contribution in [2.45, 2.75) is 38.7 Å². The Kier molecular flexibility index (Phi) is 8.63. The zero-order chi connectivity index (χ0) is 22.7. The lowest BCUT2D eigenvalue weighted by Gasteiger charge is -2.39. The van der Waals surface area contributed by atoms with Crippen LogP contribution in [0.5, 0.6) is 5.75 Å². The topological polar surface area (TPSA) is 59.0 Å². The van der Waals surface area contributed by atoms with E-state index in [1.165, 1.54) is 34.4 Å². The minimum absolute atomic E-state index is 0. The molecule has 1 saturated heterocycles. The van der Waals surface area contributed by atoms with Crippen LogP contribution in [0.3, 0.4) is 0 Å². The summed E-state index contributed by atoms with van der Waals surface area (Å²) < 4.78 is 23.9. The molecule has 1 heterocycles. The summed E-state index contributed by atoms with van der Waals surface area (Å²) in [5, 5.41) is 9.15. The van der Waals surface area contributed by atoms with Crippen molar-refractivity contribution in [3.05, 3.63) is 69.5 Å². The molecule has 5 nitrogen and oxygen atoms in total. The molecule has 0 atom stereocenters. The van der Waals surface area contributed by atoms with Crippen molar-refractivity contribution in [2.75, 3.05) is 26.2 Å². The third-order valence-corrected chi connectivity index (χ3v) is 6.54. The Bertz CT molecular complexity index is 1040. The van der Waals surface area contributed by atoms with Gasteiger partial charge < -0.3 is 14.6 Å². The lowest BCUT2D eigenvalue weighted by Crippen LogP contribution is -2.53. The third-order valence-electron chi connectivity index (χ3n) is 6.19. The van der Waals surface area contributed by atoms with Crippen LogP contribution in [0.2, 0.25) is 5.02 Å². The van der Waals surface area contributed by atoms with Crippen molar-refractivity contribution in [1.82, 2.24) is 4.90 Å². The van der Waals surface area contributed by atoms with Crippen LogP contribution in [0.15, 0.2) is 42.0 Å². The first-order valence-corrected chi connectivity index (χ1v) is 11.3. The first-order chi connectivity index (χ1) is 15.4. The van der Waals surface area contributed by atoms with Gasteiger partial charge in [0.05, 0.1) is 6.61 Å². The molecule has 8 heteroatoms. The minimum atomic E-state index is -1.20. The standard InChI is InChI=1S/C25H27ClFNO4.ClH/c1-16-19(13-28-14-22(15-28)32-25(29)30)5-4-18-11-21(8-9-23(16)18)31-10-2-3-17-6-7-20(27)12-24(17)26;/h6-9,11-12,22H,2-5,10,13-15H2,1H3,(H,29,30);1H. The van der Waals surface area contributed by atoms with E-state index in [1.807, 2.05) is 6.07 Å². The zero-order valence-electron chi connectivity index (χ0n) is 18.5. The van der Waals surface area contributed by atoms with Gasteiger partial charge in [0, 0.05) is 24.7 Å². The Balaban J connectivity index is 0.00000306. The number of carbonyl (C=O) groups is 1. The Labute approximate surface area is 204 Å². The molecule has 0 bridgehead atoms. The molecule has 178 valence electrons. The molecule has 4 rings (SSSR count). The van der Waals surface area contributed by atoms with E-state index in [-0.39, 0.29) is 24.3 Å². The molecule has 0 unspecified atom stereocenters. The molecule has 2 aromatic rings. The molecule has 2 aromatic carbocycles. The van der Waals surface area contributed by atoms with Gasteiger partial charge in [0.2, 0.25) is 0 Å². The minimum Gasteiger partial charge on any atom is -0.494 e. The maximum Gasteiger partial charge on any atom is 0.506 e. The first kappa shape index (κ1) is 25.3. The summed E-state index contributed by atoms with van der Waals surface area (Å²) in [6.45, 7) is 4.90. The Morgan fingerprint density at radius 3 is 2.73 bits per heavy atom. The number of hydrogen-bond acceptors (Lipinski definition) is 4. The van der Waals surface area contributed by atoms with Gasteiger partial charge in [0.1, 0.15) is 17.7 Å². The van der Waals surface area contributed by atoms with E-state index in [4.69, 9.17) is 26.2 Å². The van der Waals surface area contributed by atoms with Crippen molar-refractivity contribution in [1.29, 1.82) is 0 Å². The van der Waals surface area contributed by atoms with E-state index in [1.54, 1.807) is 6.07 Å². The highest BCUT2D eigenvalue weighted by atomic mass is 35.5. The van der Waals surface area contributed by atoms with E-state index in [0.717, 1.165) is 43.5 Å². The van der Waals surface area contributed by atoms with Gasteiger partial charge in [-0.15, -0.1) is 12.4 Å². The average molecular weight is 496 g/mol. The molecule has 0 amide bonds. The molecule has 1 aliphatic heterocycles. The van der Waals surface area contributed by atoms with Crippen LogP contribution in [0.4, 0.5) is 9.18 Å². The number of ether oxygens (including phenoxy) is 2. The molecule has 0 radical (unpaired) electrons. The van der Waals surface area contributed by atoms with Gasteiger partial charge in [-0.05, 0) is 79.1 Å². The van der Waals surface area contributed by atoms with E-state index >= 15 is 0 Å². The Morgan fingerprint density at radius 2 is 2.00 bits per heavy atom. The highest BCUT2D eigenvalue weighted by molar-refractivity contribution is 6.31. The SMILES string of the molecule is CC1=C(CN2CC(OC(=O)O)C2)CCc2cc(OCCCc3ccc(F)cc3Cl)ccc21.Cl. The first-order valence-electron chi connectivity index (χ1n) is 10.9. The molecular formula is C25H28Cl2FNO4. The molecule has 0 aromatic heterocycles. The van der Waals surface area contributed by atoms with Gasteiger partial charge in [-0.2, -0.15) is 0 Å². The number of aryl methyl sites for hydroxylation is 2. The van der Waals surface area contributed by atoms with Crippen molar-refractivity contribution >= 4 is 35.7 Å². The molecule has 2 aliphatic rings. The summed E-state index contributed by atoms with van der Waals surface area (Å²) in [5.41, 5.74) is 6.18. The van der Waals surface area contributed by atoms with Crippen molar-refractivity contribution in [2.24, 2.45) is 0 Å². The molecule has 1 aliphatic carbocycles. The van der Waals surface area contributed by atoms with Crippen LogP contribution in [-0.2, 0) is 17.6 Å². The number of benzene rings is 2. The zero-order valence-corrected chi connectivity index (χ0v) is 20.1. The monoisotopic (exact) mass is 495 g/mol. The van der Waals surface area contributed by atoms with Crippen LogP contribution in [0.25, 0.3) is 5.57 Å². The lowest BCUT2D eigenvalue weighted by molar-refractivity contribution is -0.0292. The maximum atomic E-state index is 13.1. The Morgan fingerprint density at radius 1 is 1.21 bits per heavy atom. The molecule has 0 spiro atoms. The summed E-state index contributed by atoms with van der Waals surface area (Å²) in [5.74, 6) is 0.541. The smallest absolute Gasteiger partial charge is 0.494 e. The third kappa shape index (κ3) is 6.40. The van der Waals surface area contributed by atoms with Gasteiger partial charge in [-0.1, -0.05) is 29.3 Å². The highest BCUT2D eigenvalue weighted by Gasteiger charge is 2.31. The summed E-state index contributed by atoms with van der Waals surface area (Å²) in [4.78, 5) is 12.8. The fraction of sp³-hybridized carbons (Fsp3) is 0.400. The number of likely N-dealkylation sites (tertiary alicyclic amines) is 1. The van der Waals surface area contributed by atoms with Gasteiger partial charge in [-0.25, -0.2) is 9.18 Å². The maximum absolute atomic E-state index is 13.1. The lowest BCUT2D eigenvalue weighted by atomic mass is 9.85. The second kappa shape index (κ2) is 11.2. The number of allylic oxidation sites excluding steroid dienone is 1. The van der Waals surface area contributed by atoms with Gasteiger partial charge in [-0.3, -0.25) is 4.90 Å². The number of halogens is 3. The highest BCUT2D eigenvalue weighted by Crippen LogP contribution is 2.34. The second-order valence-corrected chi connectivity index (χ2v) is 8.84. The number of nitrogens with zero attached hydrogens (tertiary/aromatic N) is 1. The summed E-state index contributed by atoms with van der Waals surface area (Å²) in [6.07, 6.45) is 2.09. The molecular weight excluding hydrogens is 468 g/mol. The van der Waals surface area contributed by atoms with Gasteiger partial charge >= 0.3 is 6.16 Å². The van der Waals surface area contributed by atoms with Gasteiger partial charge in [0.25, 0.3) is 0 Å². The number of fused-ring (bicyclic) bond motifs is 1. The van der Waals surface area contributed by atoms with Crippen LogP contribution in [-0.4, -0.2) is 48.5 Å². The van der Waals surface area contributed by atoms with Crippen LogP contribution >= 0.6 is 24.0 Å². The van der Waals surface area contributed by atoms with E-state index in [0.29, 0.717) is 24.7 Å². The van der Waals surface area contributed by atoms with Crippen LogP contribution < -0.4 is 4.74 Å². The fourth-order valence-corrected chi connectivity index (χ4v) is 4.67. The molecule has 0 saturated carbocycles. The summed E-state index contributed by atoms with van der Waals surface area (Å²) in [6, 6.07) is 10.8. The van der Waals surface area contributed by atoms with Crippen LogP contribution in [0.1, 0.15) is 36.5 Å². The quantitative estimate of drug-likeness (QED) is 0.358. The average Bonchev–Trinajstić information content (AvgIpc) is 2.72. The fourth-order valence-electron chi connectivity index (χ4n) is 4.41. The predicted molar refractivity (Wildman–Crippen MR) is 129 cm³/mol. The molecule has 1 N–H and O–H groups in total. The predicted octanol–water partition coefficient (Wildman–Crippen LogP) is 6.01. The normalized spacial score (nSPS) is 16.0. The van der Waals surface area contributed by atoms with Crippen LogP contribution in [0, 0.1) is 5.82 Å². The summed E-state index contributed by atoms with van der Waals surface area (Å²) >= 11 is 6.08. The number of rotatable bonds is 8. The van der Waals surface area contributed by atoms with Gasteiger partial charge in [0.15, 0.2) is 0 Å². The van der Waals surface area contributed by atoms with E-state index in [2.05, 4.69) is 24.0 Å². The Hall–Kier alpha value is -2.28. The van der Waals surface area contributed by atoms with E-state index < -0.39 is 6.16 Å². The number of hydrogen-bond donors (Lipinski definition) is 1. The molecule has 1 fully saturated rings. The van der Waals surface area contributed by atoms with Crippen molar-refractivity contribution in [3.63, 3.8) is 0 Å².